The Kier molecular flexibility index (Phi) is 8.05. The van der Waals surface area contributed by atoms with E-state index in [1.54, 1.807) is 24.3 Å². The van der Waals surface area contributed by atoms with E-state index >= 15 is 0 Å². The van der Waals surface area contributed by atoms with Crippen molar-refractivity contribution in [3.05, 3.63) is 54.1 Å². The number of hydrogen-bond donors (Lipinski definition) is 2. The zero-order valence-corrected chi connectivity index (χ0v) is 19.6. The molecule has 0 saturated carbocycles. The molecule has 2 aromatic carbocycles. The quantitative estimate of drug-likeness (QED) is 0.649. The fourth-order valence-electron chi connectivity index (χ4n) is 3.49. The molecule has 1 aliphatic heterocycles. The number of nitrogens with zero attached hydrogens (tertiary/aromatic N) is 2. The van der Waals surface area contributed by atoms with Gasteiger partial charge >= 0.3 is 0 Å². The van der Waals surface area contributed by atoms with Crippen LogP contribution in [0.25, 0.3) is 0 Å². The lowest BCUT2D eigenvalue weighted by molar-refractivity contribution is -0.131. The average molecular weight is 455 g/mol. The van der Waals surface area contributed by atoms with E-state index in [0.29, 0.717) is 12.0 Å². The van der Waals surface area contributed by atoms with Crippen molar-refractivity contribution in [2.45, 2.75) is 33.3 Å². The van der Waals surface area contributed by atoms with Crippen molar-refractivity contribution < 1.29 is 14.3 Å². The van der Waals surface area contributed by atoms with E-state index in [1.807, 2.05) is 49.9 Å². The van der Waals surface area contributed by atoms with Crippen LogP contribution in [0.3, 0.4) is 0 Å². The van der Waals surface area contributed by atoms with Crippen LogP contribution >= 0.6 is 12.2 Å². The molecule has 3 rings (SSSR count). The molecule has 2 aromatic rings. The second kappa shape index (κ2) is 10.9. The summed E-state index contributed by atoms with van der Waals surface area (Å²) in [5.41, 5.74) is 2.39. The maximum atomic E-state index is 12.4. The van der Waals surface area contributed by atoms with Gasteiger partial charge in [0.25, 0.3) is 5.91 Å². The summed E-state index contributed by atoms with van der Waals surface area (Å²) in [5.74, 6) is 0.644. The van der Waals surface area contributed by atoms with Crippen LogP contribution in [0.1, 0.15) is 37.6 Å². The van der Waals surface area contributed by atoms with Gasteiger partial charge in [-0.1, -0.05) is 6.92 Å². The molecule has 0 atom stereocenters. The summed E-state index contributed by atoms with van der Waals surface area (Å²) < 4.78 is 5.59. The van der Waals surface area contributed by atoms with E-state index < -0.39 is 0 Å². The third-order valence-electron chi connectivity index (χ3n) is 5.14. The fraction of sp³-hybridized carbons (Fsp3) is 0.375. The molecule has 8 heteroatoms. The van der Waals surface area contributed by atoms with Crippen LogP contribution in [-0.4, -0.2) is 54.1 Å². The van der Waals surface area contributed by atoms with Crippen molar-refractivity contribution >= 4 is 40.5 Å². The molecule has 0 bridgehead atoms. The summed E-state index contributed by atoms with van der Waals surface area (Å²) >= 11 is 5.29. The SMILES string of the molecule is CCC(=O)N1CCN(c2ccc(NC(=S)NC(=O)c3ccc(OC(C)C)cc3)cc2)CC1. The molecule has 170 valence electrons. The molecule has 1 saturated heterocycles. The van der Waals surface area contributed by atoms with Gasteiger partial charge in [-0.2, -0.15) is 0 Å². The van der Waals surface area contributed by atoms with Crippen LogP contribution in [-0.2, 0) is 4.79 Å². The van der Waals surface area contributed by atoms with Crippen molar-refractivity contribution in [1.29, 1.82) is 0 Å². The molecule has 0 radical (unpaired) electrons. The Morgan fingerprint density at radius 2 is 1.62 bits per heavy atom. The number of nitrogens with one attached hydrogen (secondary N) is 2. The highest BCUT2D eigenvalue weighted by atomic mass is 32.1. The van der Waals surface area contributed by atoms with Gasteiger partial charge in [0.2, 0.25) is 5.91 Å². The Balaban J connectivity index is 1.49. The summed E-state index contributed by atoms with van der Waals surface area (Å²) in [4.78, 5) is 28.4. The van der Waals surface area contributed by atoms with E-state index in [4.69, 9.17) is 17.0 Å². The molecule has 0 spiro atoms. The second-order valence-corrected chi connectivity index (χ2v) is 8.28. The van der Waals surface area contributed by atoms with Crippen LogP contribution in [0.5, 0.6) is 5.75 Å². The number of ether oxygens (including phenoxy) is 1. The first-order valence-electron chi connectivity index (χ1n) is 10.9. The molecule has 1 fully saturated rings. The number of anilines is 2. The smallest absolute Gasteiger partial charge is 0.257 e. The van der Waals surface area contributed by atoms with E-state index in [9.17, 15) is 9.59 Å². The minimum Gasteiger partial charge on any atom is -0.491 e. The monoisotopic (exact) mass is 454 g/mol. The summed E-state index contributed by atoms with van der Waals surface area (Å²) in [6.07, 6.45) is 0.627. The van der Waals surface area contributed by atoms with Crippen molar-refractivity contribution in [3.63, 3.8) is 0 Å². The maximum Gasteiger partial charge on any atom is 0.257 e. The molecule has 1 heterocycles. The predicted octanol–water partition coefficient (Wildman–Crippen LogP) is 3.66. The molecule has 0 aromatic heterocycles. The normalized spacial score (nSPS) is 13.6. The fourth-order valence-corrected chi connectivity index (χ4v) is 3.70. The summed E-state index contributed by atoms with van der Waals surface area (Å²) in [5, 5.41) is 5.97. The summed E-state index contributed by atoms with van der Waals surface area (Å²) in [6, 6.07) is 14.8. The van der Waals surface area contributed by atoms with E-state index in [2.05, 4.69) is 15.5 Å². The standard InChI is InChI=1S/C24H30N4O3S/c1-4-22(29)28-15-13-27(14-16-28)20-9-7-19(8-10-20)25-24(32)26-23(30)18-5-11-21(12-6-18)31-17(2)3/h5-12,17H,4,13-16H2,1-3H3,(H2,25,26,30,32). The van der Waals surface area contributed by atoms with Gasteiger partial charge in [0, 0.05) is 49.5 Å². The molecule has 0 unspecified atom stereocenters. The first-order valence-corrected chi connectivity index (χ1v) is 11.3. The Hall–Kier alpha value is -3.13. The number of carbonyl (C=O) groups is 2. The number of amides is 2. The van der Waals surface area contributed by atoms with Crippen LogP contribution in [0, 0.1) is 0 Å². The molecule has 1 aliphatic rings. The van der Waals surface area contributed by atoms with Gasteiger partial charge in [-0.15, -0.1) is 0 Å². The Labute approximate surface area is 194 Å². The number of hydrogen-bond acceptors (Lipinski definition) is 5. The van der Waals surface area contributed by atoms with Gasteiger partial charge in [0.05, 0.1) is 6.10 Å². The van der Waals surface area contributed by atoms with Gasteiger partial charge < -0.3 is 19.9 Å². The lowest BCUT2D eigenvalue weighted by atomic mass is 10.2. The Bertz CT molecular complexity index is 937. The maximum absolute atomic E-state index is 12.4. The average Bonchev–Trinajstić information content (AvgIpc) is 2.79. The van der Waals surface area contributed by atoms with Crippen LogP contribution in [0.2, 0.25) is 0 Å². The van der Waals surface area contributed by atoms with E-state index in [1.165, 1.54) is 0 Å². The van der Waals surface area contributed by atoms with Crippen LogP contribution < -0.4 is 20.3 Å². The van der Waals surface area contributed by atoms with Crippen molar-refractivity contribution in [2.24, 2.45) is 0 Å². The van der Waals surface area contributed by atoms with Gasteiger partial charge in [0.15, 0.2) is 5.11 Å². The number of thiocarbonyl (C=S) groups is 1. The Morgan fingerprint density at radius 1 is 1.00 bits per heavy atom. The lowest BCUT2D eigenvalue weighted by Gasteiger charge is -2.36. The summed E-state index contributed by atoms with van der Waals surface area (Å²) in [7, 11) is 0. The highest BCUT2D eigenvalue weighted by molar-refractivity contribution is 7.80. The van der Waals surface area contributed by atoms with Gasteiger partial charge in [0.1, 0.15) is 5.75 Å². The Morgan fingerprint density at radius 3 is 2.19 bits per heavy atom. The van der Waals surface area contributed by atoms with E-state index in [0.717, 1.165) is 43.3 Å². The molecule has 2 N–H and O–H groups in total. The van der Waals surface area contributed by atoms with Crippen molar-refractivity contribution in [1.82, 2.24) is 10.2 Å². The van der Waals surface area contributed by atoms with Crippen LogP contribution in [0.15, 0.2) is 48.5 Å². The molecule has 0 aliphatic carbocycles. The van der Waals surface area contributed by atoms with Gasteiger partial charge in [-0.3, -0.25) is 14.9 Å². The number of piperazine rings is 1. The molecular weight excluding hydrogens is 424 g/mol. The minimum absolute atomic E-state index is 0.0766. The van der Waals surface area contributed by atoms with Crippen molar-refractivity contribution in [2.75, 3.05) is 36.4 Å². The number of benzene rings is 2. The zero-order chi connectivity index (χ0) is 23.1. The van der Waals surface area contributed by atoms with Crippen LogP contribution in [0.4, 0.5) is 11.4 Å². The molecular formula is C24H30N4O3S. The molecule has 32 heavy (non-hydrogen) atoms. The molecule has 7 nitrogen and oxygen atoms in total. The largest absolute Gasteiger partial charge is 0.491 e. The third-order valence-corrected chi connectivity index (χ3v) is 5.34. The summed E-state index contributed by atoms with van der Waals surface area (Å²) in [6.45, 7) is 8.91. The highest BCUT2D eigenvalue weighted by Crippen LogP contribution is 2.20. The highest BCUT2D eigenvalue weighted by Gasteiger charge is 2.20. The minimum atomic E-state index is -0.283. The topological polar surface area (TPSA) is 73.9 Å². The van der Waals surface area contributed by atoms with Gasteiger partial charge in [-0.25, -0.2) is 0 Å². The van der Waals surface area contributed by atoms with Crippen molar-refractivity contribution in [3.8, 4) is 5.75 Å². The number of carbonyl (C=O) groups excluding carboxylic acids is 2. The first-order chi connectivity index (χ1) is 15.4. The third kappa shape index (κ3) is 6.43. The first kappa shape index (κ1) is 23.5. The second-order valence-electron chi connectivity index (χ2n) is 7.87. The molecule has 2 amide bonds. The van der Waals surface area contributed by atoms with E-state index in [-0.39, 0.29) is 23.0 Å². The van der Waals surface area contributed by atoms with Gasteiger partial charge in [-0.05, 0) is 74.6 Å². The number of rotatable bonds is 6. The predicted molar refractivity (Wildman–Crippen MR) is 131 cm³/mol. The zero-order valence-electron chi connectivity index (χ0n) is 18.8. The lowest BCUT2D eigenvalue weighted by Crippen LogP contribution is -2.48.